The van der Waals surface area contributed by atoms with Gasteiger partial charge in [0.25, 0.3) is 0 Å². The fraction of sp³-hybridized carbons (Fsp3) is 0.714. The maximum atomic E-state index is 5.53. The van der Waals surface area contributed by atoms with E-state index in [1.165, 1.54) is 38.8 Å². The van der Waals surface area contributed by atoms with Gasteiger partial charge in [-0.2, -0.15) is 0 Å². The van der Waals surface area contributed by atoms with E-state index in [4.69, 9.17) is 5.84 Å². The molecule has 1 aliphatic carbocycles. The van der Waals surface area contributed by atoms with E-state index in [0.29, 0.717) is 17.8 Å². The van der Waals surface area contributed by atoms with Crippen LogP contribution in [0.5, 0.6) is 0 Å². The molecule has 2 bridgehead atoms. The van der Waals surface area contributed by atoms with Gasteiger partial charge in [-0.3, -0.25) is 0 Å². The molecule has 6 heteroatoms. The first-order chi connectivity index (χ1) is 9.81. The first kappa shape index (κ1) is 12.3. The SMILES string of the molecule is NNc1cc(NC2CN3CCC2CC3)nc(C2CC2)n1. The molecule has 6 nitrogen and oxygen atoms in total. The summed E-state index contributed by atoms with van der Waals surface area (Å²) in [6.07, 6.45) is 5.01. The number of hydrazine groups is 1. The van der Waals surface area contributed by atoms with Crippen LogP contribution < -0.4 is 16.6 Å². The third kappa shape index (κ3) is 2.33. The van der Waals surface area contributed by atoms with Crippen LogP contribution in [0.25, 0.3) is 0 Å². The van der Waals surface area contributed by atoms with Crippen molar-refractivity contribution in [2.75, 3.05) is 30.4 Å². The van der Waals surface area contributed by atoms with E-state index >= 15 is 0 Å². The first-order valence-electron chi connectivity index (χ1n) is 7.66. The molecule has 1 aromatic heterocycles. The largest absolute Gasteiger partial charge is 0.366 e. The van der Waals surface area contributed by atoms with Crippen molar-refractivity contribution in [3.63, 3.8) is 0 Å². The molecular formula is C14H22N6. The molecule has 0 amide bonds. The number of nitrogens with two attached hydrogens (primary N) is 1. The average molecular weight is 274 g/mol. The van der Waals surface area contributed by atoms with Crippen molar-refractivity contribution in [2.24, 2.45) is 11.8 Å². The zero-order chi connectivity index (χ0) is 13.5. The van der Waals surface area contributed by atoms with E-state index in [1.54, 1.807) is 0 Å². The minimum Gasteiger partial charge on any atom is -0.366 e. The van der Waals surface area contributed by atoms with Gasteiger partial charge < -0.3 is 15.6 Å². The summed E-state index contributed by atoms with van der Waals surface area (Å²) in [5.41, 5.74) is 2.66. The Balaban J connectivity index is 1.54. The number of piperidine rings is 3. The third-order valence-corrected chi connectivity index (χ3v) is 4.82. The van der Waals surface area contributed by atoms with E-state index in [2.05, 4.69) is 25.6 Å². The highest BCUT2D eigenvalue weighted by molar-refractivity contribution is 5.48. The summed E-state index contributed by atoms with van der Waals surface area (Å²) in [5, 5.41) is 3.62. The van der Waals surface area contributed by atoms with Crippen LogP contribution in [0, 0.1) is 5.92 Å². The Bertz CT molecular complexity index is 492. The Kier molecular flexibility index (Phi) is 3.00. The fourth-order valence-electron chi connectivity index (χ4n) is 3.46. The number of hydrogen-bond acceptors (Lipinski definition) is 6. The third-order valence-electron chi connectivity index (χ3n) is 4.82. The van der Waals surface area contributed by atoms with Crippen LogP contribution >= 0.6 is 0 Å². The summed E-state index contributed by atoms with van der Waals surface area (Å²) in [7, 11) is 0. The topological polar surface area (TPSA) is 79.1 Å². The van der Waals surface area contributed by atoms with Gasteiger partial charge >= 0.3 is 0 Å². The minimum absolute atomic E-state index is 0.519. The molecule has 0 spiro atoms. The second-order valence-electron chi connectivity index (χ2n) is 6.30. The molecule has 1 atom stereocenters. The Morgan fingerprint density at radius 2 is 1.85 bits per heavy atom. The second-order valence-corrected chi connectivity index (χ2v) is 6.30. The van der Waals surface area contributed by atoms with Gasteiger partial charge in [0, 0.05) is 24.6 Å². The van der Waals surface area contributed by atoms with Gasteiger partial charge in [-0.15, -0.1) is 0 Å². The molecule has 4 fully saturated rings. The molecule has 108 valence electrons. The molecule has 1 unspecified atom stereocenters. The Hall–Kier alpha value is -1.40. The van der Waals surface area contributed by atoms with Crippen LogP contribution in [-0.4, -0.2) is 40.5 Å². The first-order valence-corrected chi connectivity index (χ1v) is 7.66. The number of fused-ring (bicyclic) bond motifs is 3. The summed E-state index contributed by atoms with van der Waals surface area (Å²) in [6.45, 7) is 3.66. The number of rotatable bonds is 4. The standard InChI is InChI=1S/C14H22N6/c15-19-13-7-12(17-14(18-13)10-1-2-10)16-11-8-20-5-3-9(11)4-6-20/h7,9-11H,1-6,8,15H2,(H2,16,17,18,19). The van der Waals surface area contributed by atoms with E-state index in [1.807, 2.05) is 6.07 Å². The van der Waals surface area contributed by atoms with Gasteiger partial charge in [-0.05, 0) is 44.7 Å². The van der Waals surface area contributed by atoms with Crippen molar-refractivity contribution < 1.29 is 0 Å². The zero-order valence-electron chi connectivity index (χ0n) is 11.7. The van der Waals surface area contributed by atoms with Gasteiger partial charge in [-0.1, -0.05) is 0 Å². The zero-order valence-corrected chi connectivity index (χ0v) is 11.7. The quantitative estimate of drug-likeness (QED) is 0.564. The van der Waals surface area contributed by atoms with Crippen molar-refractivity contribution in [2.45, 2.75) is 37.6 Å². The smallest absolute Gasteiger partial charge is 0.145 e. The lowest BCUT2D eigenvalue weighted by molar-refractivity contribution is 0.0974. The van der Waals surface area contributed by atoms with Crippen LogP contribution in [0.15, 0.2) is 6.07 Å². The lowest BCUT2D eigenvalue weighted by atomic mass is 9.84. The molecule has 3 saturated heterocycles. The van der Waals surface area contributed by atoms with Crippen molar-refractivity contribution in [3.05, 3.63) is 11.9 Å². The highest BCUT2D eigenvalue weighted by Crippen LogP contribution is 2.39. The second kappa shape index (κ2) is 4.86. The van der Waals surface area contributed by atoms with Crippen molar-refractivity contribution >= 4 is 11.6 Å². The van der Waals surface area contributed by atoms with Gasteiger partial charge in [0.2, 0.25) is 0 Å². The Morgan fingerprint density at radius 1 is 1.10 bits per heavy atom. The molecule has 4 aliphatic rings. The molecule has 5 rings (SSSR count). The van der Waals surface area contributed by atoms with Gasteiger partial charge in [0.15, 0.2) is 0 Å². The molecule has 1 aromatic rings. The van der Waals surface area contributed by atoms with Gasteiger partial charge in [0.1, 0.15) is 17.5 Å². The summed E-state index contributed by atoms with van der Waals surface area (Å²) in [4.78, 5) is 11.7. The van der Waals surface area contributed by atoms with Crippen LogP contribution in [0.1, 0.15) is 37.4 Å². The normalized spacial score (nSPS) is 32.1. The van der Waals surface area contributed by atoms with E-state index in [0.717, 1.165) is 24.1 Å². The number of nitrogens with one attached hydrogen (secondary N) is 2. The van der Waals surface area contributed by atoms with Crippen LogP contribution in [0.3, 0.4) is 0 Å². The molecule has 3 aliphatic heterocycles. The van der Waals surface area contributed by atoms with Gasteiger partial charge in [0.05, 0.1) is 0 Å². The van der Waals surface area contributed by atoms with Crippen LogP contribution in [-0.2, 0) is 0 Å². The highest BCUT2D eigenvalue weighted by Gasteiger charge is 2.34. The molecule has 4 N–H and O–H groups in total. The predicted molar refractivity (Wildman–Crippen MR) is 78.4 cm³/mol. The van der Waals surface area contributed by atoms with E-state index in [-0.39, 0.29) is 0 Å². The highest BCUT2D eigenvalue weighted by atomic mass is 15.3. The Labute approximate surface area is 119 Å². The maximum Gasteiger partial charge on any atom is 0.145 e. The number of aromatic nitrogens is 2. The molecule has 4 heterocycles. The van der Waals surface area contributed by atoms with Crippen molar-refractivity contribution in [1.82, 2.24) is 14.9 Å². The molecule has 0 radical (unpaired) electrons. The summed E-state index contributed by atoms with van der Waals surface area (Å²) in [5.74, 6) is 9.42. The monoisotopic (exact) mass is 274 g/mol. The Morgan fingerprint density at radius 3 is 2.45 bits per heavy atom. The van der Waals surface area contributed by atoms with Crippen molar-refractivity contribution in [3.8, 4) is 0 Å². The predicted octanol–water partition coefficient (Wildman–Crippen LogP) is 1.15. The fourth-order valence-corrected chi connectivity index (χ4v) is 3.46. The lowest BCUT2D eigenvalue weighted by Gasteiger charge is -2.45. The summed E-state index contributed by atoms with van der Waals surface area (Å²) < 4.78 is 0. The number of anilines is 2. The number of nitrogen functional groups attached to an aromatic ring is 1. The van der Waals surface area contributed by atoms with E-state index in [9.17, 15) is 0 Å². The maximum absolute atomic E-state index is 5.53. The molecule has 20 heavy (non-hydrogen) atoms. The average Bonchev–Trinajstić information content (AvgIpc) is 3.33. The van der Waals surface area contributed by atoms with Gasteiger partial charge in [-0.25, -0.2) is 15.8 Å². The molecular weight excluding hydrogens is 252 g/mol. The van der Waals surface area contributed by atoms with Crippen molar-refractivity contribution in [1.29, 1.82) is 0 Å². The lowest BCUT2D eigenvalue weighted by Crippen LogP contribution is -2.53. The summed E-state index contributed by atoms with van der Waals surface area (Å²) in [6, 6.07) is 2.44. The number of nitrogens with zero attached hydrogens (tertiary/aromatic N) is 3. The van der Waals surface area contributed by atoms with E-state index < -0.39 is 0 Å². The van der Waals surface area contributed by atoms with Crippen LogP contribution in [0.4, 0.5) is 11.6 Å². The summed E-state index contributed by atoms with van der Waals surface area (Å²) >= 11 is 0. The number of hydrogen-bond donors (Lipinski definition) is 3. The molecule has 0 aromatic carbocycles. The van der Waals surface area contributed by atoms with Crippen LogP contribution in [0.2, 0.25) is 0 Å². The molecule has 1 saturated carbocycles. The minimum atomic E-state index is 0.519.